The Hall–Kier alpha value is -2.08. The van der Waals surface area contributed by atoms with E-state index < -0.39 is 0 Å². The SMILES string of the molecule is OCCCCCCOc1cccc(COc2ccc(CO)c(CO)c2)c1. The van der Waals surface area contributed by atoms with Crippen molar-refractivity contribution in [2.24, 2.45) is 0 Å². The first kappa shape index (κ1) is 20.2. The zero-order valence-electron chi connectivity index (χ0n) is 15.1. The molecule has 2 rings (SSSR count). The molecule has 2 aromatic carbocycles. The van der Waals surface area contributed by atoms with Crippen LogP contribution in [0, 0.1) is 0 Å². The Morgan fingerprint density at radius 3 is 2.23 bits per heavy atom. The van der Waals surface area contributed by atoms with Crippen LogP contribution in [0.15, 0.2) is 42.5 Å². The molecule has 0 atom stereocenters. The minimum absolute atomic E-state index is 0.102. The van der Waals surface area contributed by atoms with Crippen LogP contribution in [0.2, 0.25) is 0 Å². The Balaban J connectivity index is 1.82. The van der Waals surface area contributed by atoms with Crippen molar-refractivity contribution in [1.29, 1.82) is 0 Å². The Bertz CT molecular complexity index is 657. The topological polar surface area (TPSA) is 79.2 Å². The third-order valence-corrected chi connectivity index (χ3v) is 4.14. The van der Waals surface area contributed by atoms with Gasteiger partial charge in [0, 0.05) is 6.61 Å². The van der Waals surface area contributed by atoms with Gasteiger partial charge < -0.3 is 24.8 Å². The molecule has 3 N–H and O–H groups in total. The second-order valence-corrected chi connectivity index (χ2v) is 6.17. The average Bonchev–Trinajstić information content (AvgIpc) is 2.69. The molecule has 0 radical (unpaired) electrons. The normalized spacial score (nSPS) is 10.7. The molecule has 0 aromatic heterocycles. The highest BCUT2D eigenvalue weighted by molar-refractivity contribution is 5.35. The quantitative estimate of drug-likeness (QED) is 0.507. The van der Waals surface area contributed by atoms with Gasteiger partial charge in [0.2, 0.25) is 0 Å². The van der Waals surface area contributed by atoms with Crippen LogP contribution in [0.5, 0.6) is 11.5 Å². The number of benzene rings is 2. The lowest BCUT2D eigenvalue weighted by Gasteiger charge is -2.11. The summed E-state index contributed by atoms with van der Waals surface area (Å²) in [6, 6.07) is 13.1. The van der Waals surface area contributed by atoms with E-state index in [4.69, 9.17) is 14.6 Å². The van der Waals surface area contributed by atoms with Gasteiger partial charge in [-0.25, -0.2) is 0 Å². The van der Waals surface area contributed by atoms with Crippen molar-refractivity contribution in [2.45, 2.75) is 45.5 Å². The maximum atomic E-state index is 9.35. The fourth-order valence-electron chi connectivity index (χ4n) is 2.64. The lowest BCUT2D eigenvalue weighted by Crippen LogP contribution is -2.01. The number of aliphatic hydroxyl groups is 3. The van der Waals surface area contributed by atoms with E-state index in [1.54, 1.807) is 18.2 Å². The summed E-state index contributed by atoms with van der Waals surface area (Å²) in [5.41, 5.74) is 2.37. The largest absolute Gasteiger partial charge is 0.494 e. The molecule has 0 heterocycles. The first-order valence-corrected chi connectivity index (χ1v) is 9.05. The van der Waals surface area contributed by atoms with Crippen LogP contribution in [-0.2, 0) is 19.8 Å². The van der Waals surface area contributed by atoms with E-state index in [1.807, 2.05) is 24.3 Å². The van der Waals surface area contributed by atoms with Gasteiger partial charge in [0.25, 0.3) is 0 Å². The van der Waals surface area contributed by atoms with Gasteiger partial charge in [0.05, 0.1) is 19.8 Å². The number of hydrogen-bond acceptors (Lipinski definition) is 5. The van der Waals surface area contributed by atoms with Crippen molar-refractivity contribution < 1.29 is 24.8 Å². The van der Waals surface area contributed by atoms with Crippen molar-refractivity contribution in [1.82, 2.24) is 0 Å². The number of aliphatic hydroxyl groups excluding tert-OH is 3. The maximum Gasteiger partial charge on any atom is 0.120 e. The van der Waals surface area contributed by atoms with Crippen LogP contribution in [0.25, 0.3) is 0 Å². The molecule has 5 nitrogen and oxygen atoms in total. The first-order valence-electron chi connectivity index (χ1n) is 9.05. The molecule has 0 unspecified atom stereocenters. The van der Waals surface area contributed by atoms with Gasteiger partial charge in [0.15, 0.2) is 0 Å². The van der Waals surface area contributed by atoms with Crippen molar-refractivity contribution >= 4 is 0 Å². The fourth-order valence-corrected chi connectivity index (χ4v) is 2.64. The van der Waals surface area contributed by atoms with E-state index in [9.17, 15) is 10.2 Å². The minimum Gasteiger partial charge on any atom is -0.494 e. The highest BCUT2D eigenvalue weighted by atomic mass is 16.5. The molecule has 0 saturated carbocycles. The zero-order chi connectivity index (χ0) is 18.6. The van der Waals surface area contributed by atoms with E-state index >= 15 is 0 Å². The molecular weight excluding hydrogens is 332 g/mol. The minimum atomic E-state index is -0.130. The van der Waals surface area contributed by atoms with E-state index in [2.05, 4.69) is 0 Å². The van der Waals surface area contributed by atoms with Gasteiger partial charge in [-0.05, 0) is 60.2 Å². The molecule has 5 heteroatoms. The lowest BCUT2D eigenvalue weighted by molar-refractivity contribution is 0.257. The van der Waals surface area contributed by atoms with Gasteiger partial charge in [-0.15, -0.1) is 0 Å². The summed E-state index contributed by atoms with van der Waals surface area (Å²) in [6.45, 7) is 1.09. The van der Waals surface area contributed by atoms with Gasteiger partial charge in [-0.3, -0.25) is 0 Å². The van der Waals surface area contributed by atoms with Gasteiger partial charge in [-0.1, -0.05) is 24.6 Å². The number of ether oxygens (including phenoxy) is 2. The maximum absolute atomic E-state index is 9.35. The molecule has 0 saturated heterocycles. The highest BCUT2D eigenvalue weighted by Crippen LogP contribution is 2.21. The molecule has 26 heavy (non-hydrogen) atoms. The Kier molecular flexibility index (Phi) is 8.96. The summed E-state index contributed by atoms with van der Waals surface area (Å²) >= 11 is 0. The second-order valence-electron chi connectivity index (χ2n) is 6.17. The van der Waals surface area contributed by atoms with Crippen molar-refractivity contribution in [3.8, 4) is 11.5 Å². The smallest absolute Gasteiger partial charge is 0.120 e. The van der Waals surface area contributed by atoms with Gasteiger partial charge >= 0.3 is 0 Å². The molecule has 0 aliphatic carbocycles. The number of hydrogen-bond donors (Lipinski definition) is 3. The number of rotatable bonds is 12. The average molecular weight is 360 g/mol. The van der Waals surface area contributed by atoms with E-state index in [0.717, 1.165) is 37.0 Å². The van der Waals surface area contributed by atoms with Crippen molar-refractivity contribution in [3.63, 3.8) is 0 Å². The van der Waals surface area contributed by atoms with Crippen molar-refractivity contribution in [3.05, 3.63) is 59.2 Å². The standard InChI is InChI=1S/C21H28O5/c22-10-3-1-2-4-11-25-20-7-5-6-17(12-20)16-26-21-9-8-18(14-23)19(13-21)15-24/h5-9,12-13,22-24H,1-4,10-11,14-16H2. The van der Waals surface area contributed by atoms with Crippen LogP contribution in [0.3, 0.4) is 0 Å². The Morgan fingerprint density at radius 2 is 1.46 bits per heavy atom. The third-order valence-electron chi connectivity index (χ3n) is 4.14. The fraction of sp³-hybridized carbons (Fsp3) is 0.429. The summed E-state index contributed by atoms with van der Waals surface area (Å²) in [5.74, 6) is 1.47. The molecule has 0 bridgehead atoms. The Labute approximate surface area is 154 Å². The van der Waals surface area contributed by atoms with Crippen LogP contribution in [0.1, 0.15) is 42.4 Å². The third kappa shape index (κ3) is 6.67. The molecule has 0 aliphatic heterocycles. The molecule has 0 amide bonds. The molecular formula is C21H28O5. The van der Waals surface area contributed by atoms with E-state index in [0.29, 0.717) is 30.1 Å². The molecule has 0 fully saturated rings. The van der Waals surface area contributed by atoms with Crippen molar-refractivity contribution in [2.75, 3.05) is 13.2 Å². The van der Waals surface area contributed by atoms with Crippen LogP contribution < -0.4 is 9.47 Å². The monoisotopic (exact) mass is 360 g/mol. The Morgan fingerprint density at radius 1 is 0.692 bits per heavy atom. The summed E-state index contributed by atoms with van der Waals surface area (Å²) in [4.78, 5) is 0. The van der Waals surface area contributed by atoms with Gasteiger partial charge in [0.1, 0.15) is 18.1 Å². The summed E-state index contributed by atoms with van der Waals surface area (Å²) in [6.07, 6.45) is 3.91. The van der Waals surface area contributed by atoms with E-state index in [-0.39, 0.29) is 19.8 Å². The molecule has 2 aromatic rings. The van der Waals surface area contributed by atoms with Crippen LogP contribution in [0.4, 0.5) is 0 Å². The summed E-state index contributed by atoms with van der Waals surface area (Å²) in [7, 11) is 0. The predicted octanol–water partition coefficient (Wildman–Crippen LogP) is 3.18. The summed E-state index contributed by atoms with van der Waals surface area (Å²) < 4.78 is 11.6. The van der Waals surface area contributed by atoms with Gasteiger partial charge in [-0.2, -0.15) is 0 Å². The first-order chi connectivity index (χ1) is 12.8. The zero-order valence-corrected chi connectivity index (χ0v) is 15.1. The molecule has 0 spiro atoms. The van der Waals surface area contributed by atoms with Crippen LogP contribution >= 0.6 is 0 Å². The molecule has 142 valence electrons. The number of unbranched alkanes of at least 4 members (excludes halogenated alkanes) is 3. The summed E-state index contributed by atoms with van der Waals surface area (Å²) in [5, 5.41) is 27.3. The predicted molar refractivity (Wildman–Crippen MR) is 100 cm³/mol. The second kappa shape index (κ2) is 11.5. The van der Waals surface area contributed by atoms with E-state index in [1.165, 1.54) is 0 Å². The lowest BCUT2D eigenvalue weighted by atomic mass is 10.1. The molecule has 0 aliphatic rings. The van der Waals surface area contributed by atoms with Crippen LogP contribution in [-0.4, -0.2) is 28.5 Å². The highest BCUT2D eigenvalue weighted by Gasteiger charge is 2.04.